The second kappa shape index (κ2) is 31.4. The first-order chi connectivity index (χ1) is 21.7. The van der Waals surface area contributed by atoms with E-state index in [0.717, 1.165) is 57.9 Å². The first-order valence-electron chi connectivity index (χ1n) is 19.3. The van der Waals surface area contributed by atoms with E-state index in [0.29, 0.717) is 12.5 Å². The van der Waals surface area contributed by atoms with E-state index in [9.17, 15) is 4.79 Å². The van der Waals surface area contributed by atoms with Crippen LogP contribution in [0.1, 0.15) is 175 Å². The predicted octanol–water partition coefficient (Wildman–Crippen LogP) is 12.1. The van der Waals surface area contributed by atoms with Gasteiger partial charge in [0.05, 0.1) is 0 Å². The Bertz CT molecular complexity index is 684. The minimum absolute atomic E-state index is 0.00383. The fraction of sp³-hybridized carbons (Fsp3) is 0.825. The number of unbranched alkanes of at least 4 members (excludes halogenated alkanes) is 12. The van der Waals surface area contributed by atoms with Gasteiger partial charge in [-0.1, -0.05) is 95.8 Å². The highest BCUT2D eigenvalue weighted by Gasteiger charge is 2.24. The van der Waals surface area contributed by atoms with Gasteiger partial charge in [-0.3, -0.25) is 0 Å². The molecule has 1 saturated heterocycles. The molecule has 4 nitrogen and oxygen atoms in total. The molecular weight excluding hydrogens is 540 g/mol. The summed E-state index contributed by atoms with van der Waals surface area (Å²) in [6, 6.07) is 0. The van der Waals surface area contributed by atoms with Crippen molar-refractivity contribution in [3.63, 3.8) is 0 Å². The monoisotopic (exact) mass is 615 g/mol. The number of carbonyl (C=O) groups is 1. The predicted molar refractivity (Wildman–Crippen MR) is 193 cm³/mol. The maximum Gasteiger partial charge on any atom is 0.407 e. The summed E-state index contributed by atoms with van der Waals surface area (Å²) in [5, 5.41) is 3.10. The van der Waals surface area contributed by atoms with Gasteiger partial charge in [-0.2, -0.15) is 0 Å². The SMILES string of the molecule is CCCCC/C=C\CCCC(CCC/C=C\CCCCC)C(CCC/C=C\CCCCC)OC(=O)NCCCN1CCCC1. The van der Waals surface area contributed by atoms with Gasteiger partial charge in [-0.25, -0.2) is 4.79 Å². The average molecular weight is 615 g/mol. The molecule has 1 amide bonds. The first kappa shape index (κ1) is 40.5. The van der Waals surface area contributed by atoms with E-state index in [1.165, 1.54) is 116 Å². The standard InChI is InChI=1S/C40H74N2O2/c1-4-7-10-13-16-19-22-25-31-38(32-26-23-20-17-14-11-8-5-2)39(33-27-24-21-18-15-12-9-6-3)44-40(43)41-34-30-37-42-35-28-29-36-42/h16-21,38-39H,4-15,22-37H2,1-3H3,(H,41,43)/b19-16-,20-17-,21-18-. The van der Waals surface area contributed by atoms with Crippen LogP contribution in [0, 0.1) is 5.92 Å². The Balaban J connectivity index is 2.70. The van der Waals surface area contributed by atoms with E-state index < -0.39 is 0 Å². The molecule has 1 fully saturated rings. The Morgan fingerprint density at radius 1 is 0.614 bits per heavy atom. The lowest BCUT2D eigenvalue weighted by molar-refractivity contribution is 0.0474. The highest BCUT2D eigenvalue weighted by Crippen LogP contribution is 2.27. The van der Waals surface area contributed by atoms with Gasteiger partial charge in [0.2, 0.25) is 0 Å². The number of hydrogen-bond donors (Lipinski definition) is 1. The fourth-order valence-electron chi connectivity index (χ4n) is 6.26. The molecule has 1 rings (SSSR count). The highest BCUT2D eigenvalue weighted by molar-refractivity contribution is 5.67. The number of carbonyl (C=O) groups excluding carboxylic acids is 1. The average Bonchev–Trinajstić information content (AvgIpc) is 3.55. The molecule has 0 spiro atoms. The number of likely N-dealkylation sites (tertiary alicyclic amines) is 1. The zero-order valence-electron chi connectivity index (χ0n) is 29.7. The van der Waals surface area contributed by atoms with Crippen molar-refractivity contribution >= 4 is 6.09 Å². The molecule has 0 bridgehead atoms. The highest BCUT2D eigenvalue weighted by atomic mass is 16.6. The number of allylic oxidation sites excluding steroid dienone is 6. The molecule has 1 N–H and O–H groups in total. The lowest BCUT2D eigenvalue weighted by Gasteiger charge is -2.27. The Hall–Kier alpha value is -1.55. The molecule has 0 radical (unpaired) electrons. The molecule has 1 unspecified atom stereocenters. The Morgan fingerprint density at radius 2 is 1.05 bits per heavy atom. The largest absolute Gasteiger partial charge is 0.446 e. The molecule has 0 aromatic carbocycles. The van der Waals surface area contributed by atoms with Crippen LogP contribution in [0.15, 0.2) is 36.5 Å². The number of nitrogens with one attached hydrogen (secondary N) is 1. The summed E-state index contributed by atoms with van der Waals surface area (Å²) in [6.07, 6.45) is 43.0. The zero-order chi connectivity index (χ0) is 31.8. The number of nitrogens with zero attached hydrogens (tertiary/aromatic N) is 1. The second-order valence-corrected chi connectivity index (χ2v) is 13.2. The van der Waals surface area contributed by atoms with Crippen molar-refractivity contribution in [2.75, 3.05) is 26.2 Å². The third-order valence-electron chi connectivity index (χ3n) is 9.08. The lowest BCUT2D eigenvalue weighted by atomic mass is 9.87. The molecule has 4 heteroatoms. The second-order valence-electron chi connectivity index (χ2n) is 13.2. The third-order valence-corrected chi connectivity index (χ3v) is 9.08. The van der Waals surface area contributed by atoms with Gasteiger partial charge in [0, 0.05) is 6.54 Å². The van der Waals surface area contributed by atoms with Crippen molar-refractivity contribution in [3.05, 3.63) is 36.5 Å². The van der Waals surface area contributed by atoms with Crippen LogP contribution >= 0.6 is 0 Å². The molecule has 0 aromatic rings. The minimum atomic E-state index is -0.205. The number of ether oxygens (including phenoxy) is 1. The Morgan fingerprint density at radius 3 is 1.50 bits per heavy atom. The smallest absolute Gasteiger partial charge is 0.407 e. The van der Waals surface area contributed by atoms with Crippen LogP contribution in [0.2, 0.25) is 0 Å². The molecular formula is C40H74N2O2. The third kappa shape index (κ3) is 24.7. The van der Waals surface area contributed by atoms with E-state index in [1.807, 2.05) is 0 Å². The number of rotatable bonds is 30. The maximum absolute atomic E-state index is 13.0. The molecule has 1 aliphatic heterocycles. The molecule has 256 valence electrons. The van der Waals surface area contributed by atoms with Gasteiger partial charge in [0.15, 0.2) is 0 Å². The van der Waals surface area contributed by atoms with E-state index in [-0.39, 0.29) is 12.2 Å². The fourth-order valence-corrected chi connectivity index (χ4v) is 6.26. The quantitative estimate of drug-likeness (QED) is 0.0646. The Kier molecular flexibility index (Phi) is 28.9. The minimum Gasteiger partial charge on any atom is -0.446 e. The van der Waals surface area contributed by atoms with Crippen molar-refractivity contribution < 1.29 is 9.53 Å². The maximum atomic E-state index is 13.0. The molecule has 44 heavy (non-hydrogen) atoms. The van der Waals surface area contributed by atoms with Crippen LogP contribution in [-0.4, -0.2) is 43.3 Å². The summed E-state index contributed by atoms with van der Waals surface area (Å²) in [7, 11) is 0. The number of amides is 1. The molecule has 1 atom stereocenters. The van der Waals surface area contributed by atoms with Crippen molar-refractivity contribution in [2.24, 2.45) is 5.92 Å². The van der Waals surface area contributed by atoms with Gasteiger partial charge >= 0.3 is 6.09 Å². The van der Waals surface area contributed by atoms with Crippen LogP contribution < -0.4 is 5.32 Å². The summed E-state index contributed by atoms with van der Waals surface area (Å²) in [5.41, 5.74) is 0. The molecule has 1 aliphatic rings. The Labute approximate surface area is 274 Å². The van der Waals surface area contributed by atoms with Gasteiger partial charge in [-0.15, -0.1) is 0 Å². The van der Waals surface area contributed by atoms with E-state index >= 15 is 0 Å². The van der Waals surface area contributed by atoms with E-state index in [4.69, 9.17) is 4.74 Å². The lowest BCUT2D eigenvalue weighted by Crippen LogP contribution is -2.35. The molecule has 0 saturated carbocycles. The summed E-state index contributed by atoms with van der Waals surface area (Å²) in [5.74, 6) is 0.431. The van der Waals surface area contributed by atoms with Crippen LogP contribution in [0.4, 0.5) is 4.79 Å². The number of hydrogen-bond acceptors (Lipinski definition) is 3. The summed E-state index contributed by atoms with van der Waals surface area (Å²) in [6.45, 7) is 11.0. The van der Waals surface area contributed by atoms with Crippen molar-refractivity contribution in [1.82, 2.24) is 10.2 Å². The van der Waals surface area contributed by atoms with Crippen LogP contribution in [0.5, 0.6) is 0 Å². The van der Waals surface area contributed by atoms with Crippen molar-refractivity contribution in [1.29, 1.82) is 0 Å². The number of alkyl carbamates (subject to hydrolysis) is 1. The van der Waals surface area contributed by atoms with Crippen molar-refractivity contribution in [2.45, 2.75) is 181 Å². The topological polar surface area (TPSA) is 41.6 Å². The van der Waals surface area contributed by atoms with Gasteiger partial charge in [0.25, 0.3) is 0 Å². The molecule has 0 aliphatic carbocycles. The van der Waals surface area contributed by atoms with Crippen molar-refractivity contribution in [3.8, 4) is 0 Å². The van der Waals surface area contributed by atoms with Gasteiger partial charge < -0.3 is 15.0 Å². The summed E-state index contributed by atoms with van der Waals surface area (Å²) >= 11 is 0. The van der Waals surface area contributed by atoms with Crippen LogP contribution in [0.3, 0.4) is 0 Å². The van der Waals surface area contributed by atoms with E-state index in [1.54, 1.807) is 0 Å². The molecule has 1 heterocycles. The first-order valence-corrected chi connectivity index (χ1v) is 19.3. The summed E-state index contributed by atoms with van der Waals surface area (Å²) < 4.78 is 6.27. The van der Waals surface area contributed by atoms with Gasteiger partial charge in [0.1, 0.15) is 6.10 Å². The summed E-state index contributed by atoms with van der Waals surface area (Å²) in [4.78, 5) is 15.5. The molecule has 0 aromatic heterocycles. The van der Waals surface area contributed by atoms with E-state index in [2.05, 4.69) is 67.4 Å². The normalized spacial score (nSPS) is 15.0. The van der Waals surface area contributed by atoms with Crippen LogP contribution in [-0.2, 0) is 4.74 Å². The van der Waals surface area contributed by atoms with Crippen LogP contribution in [0.25, 0.3) is 0 Å². The zero-order valence-corrected chi connectivity index (χ0v) is 29.7. The van der Waals surface area contributed by atoms with Gasteiger partial charge in [-0.05, 0) is 141 Å².